The molecule has 1 N–H and O–H groups in total. The van der Waals surface area contributed by atoms with Crippen LogP contribution in [0.25, 0.3) is 5.57 Å². The number of hydrogen-bond acceptors (Lipinski definition) is 2. The average molecular weight is 312 g/mol. The van der Waals surface area contributed by atoms with Gasteiger partial charge in [-0.1, -0.05) is 29.3 Å². The molecular formula is C19H19ClN2. The van der Waals surface area contributed by atoms with E-state index in [1.54, 1.807) is 5.31 Å². The third-order valence-corrected chi connectivity index (χ3v) is 4.86. The molecule has 0 atom stereocenters. The topological polar surface area (TPSA) is 24.9 Å². The summed E-state index contributed by atoms with van der Waals surface area (Å²) in [6.45, 7) is 1.59. The Bertz CT molecular complexity index is 775. The van der Waals surface area contributed by atoms with Crippen LogP contribution in [0.4, 0.5) is 0 Å². The number of rotatable bonds is 0. The van der Waals surface area contributed by atoms with Crippen molar-refractivity contribution in [3.8, 4) is 0 Å². The summed E-state index contributed by atoms with van der Waals surface area (Å²) < 4.78 is 7.81. The van der Waals surface area contributed by atoms with E-state index in [0.717, 1.165) is 49.5 Å². The molecular weight excluding hydrogens is 292 g/mol. The number of fused-ring (bicyclic) bond motifs is 2. The predicted octanol–water partition coefficient (Wildman–Crippen LogP) is 4.02. The lowest BCUT2D eigenvalue weighted by molar-refractivity contribution is 0.611. The Balaban J connectivity index is 1.94. The molecule has 1 aliphatic carbocycles. The lowest BCUT2D eigenvalue weighted by Gasteiger charge is -2.21. The first kappa shape index (κ1) is 12.9. The zero-order valence-electron chi connectivity index (χ0n) is 13.5. The monoisotopic (exact) mass is 311 g/mol. The van der Waals surface area contributed by atoms with E-state index in [1.165, 1.54) is 27.8 Å². The predicted molar refractivity (Wildman–Crippen MR) is 91.2 cm³/mol. The van der Waals surface area contributed by atoms with Gasteiger partial charge in [0.1, 0.15) is 1.41 Å². The van der Waals surface area contributed by atoms with E-state index in [0.29, 0.717) is 0 Å². The van der Waals surface area contributed by atoms with Crippen molar-refractivity contribution in [3.63, 3.8) is 0 Å². The van der Waals surface area contributed by atoms with Gasteiger partial charge in [0, 0.05) is 16.8 Å². The molecule has 1 aliphatic heterocycles. The average Bonchev–Trinajstić information content (AvgIpc) is 2.72. The van der Waals surface area contributed by atoms with Crippen LogP contribution < -0.4 is 5.31 Å². The molecule has 4 rings (SSSR count). The highest BCUT2D eigenvalue weighted by Crippen LogP contribution is 2.37. The van der Waals surface area contributed by atoms with Gasteiger partial charge in [-0.3, -0.25) is 4.98 Å². The number of benzene rings is 1. The number of nitrogens with one attached hydrogen (secondary N) is 1. The molecule has 2 aromatic rings. The van der Waals surface area contributed by atoms with Crippen LogP contribution in [-0.2, 0) is 12.8 Å². The van der Waals surface area contributed by atoms with Crippen LogP contribution in [0.15, 0.2) is 42.1 Å². The molecule has 0 amide bonds. The van der Waals surface area contributed by atoms with Crippen LogP contribution >= 0.6 is 11.6 Å². The number of nitrogens with zero attached hydrogens (tertiary/aromatic N) is 1. The Labute approximate surface area is 137 Å². The molecule has 2 heterocycles. The third-order valence-electron chi connectivity index (χ3n) is 4.63. The maximum absolute atomic E-state index is 7.81. The summed E-state index contributed by atoms with van der Waals surface area (Å²) in [5.41, 5.74) is 7.75. The fourth-order valence-corrected chi connectivity index (χ4v) is 3.74. The second-order valence-electron chi connectivity index (χ2n) is 5.96. The first-order chi connectivity index (χ1) is 11.2. The minimum Gasteiger partial charge on any atom is -0.316 e. The molecule has 1 fully saturated rings. The Kier molecular flexibility index (Phi) is 3.43. The largest absolute Gasteiger partial charge is 0.316 e. The van der Waals surface area contributed by atoms with Crippen LogP contribution in [0.3, 0.4) is 0 Å². The second-order valence-corrected chi connectivity index (χ2v) is 6.40. The number of aryl methyl sites for hydroxylation is 2. The van der Waals surface area contributed by atoms with Gasteiger partial charge in [0.05, 0.1) is 5.69 Å². The molecule has 0 spiro atoms. The minimum absolute atomic E-state index is 0.796. The van der Waals surface area contributed by atoms with E-state index in [4.69, 9.17) is 18.0 Å². The van der Waals surface area contributed by atoms with Crippen molar-refractivity contribution >= 4 is 17.2 Å². The first-order valence-electron chi connectivity index (χ1n) is 8.36. The highest BCUT2D eigenvalue weighted by molar-refractivity contribution is 6.30. The zero-order chi connectivity index (χ0) is 15.8. The van der Waals surface area contributed by atoms with Gasteiger partial charge in [0.25, 0.3) is 0 Å². The third kappa shape index (κ3) is 2.47. The summed E-state index contributed by atoms with van der Waals surface area (Å²) in [6, 6.07) is 10.4. The van der Waals surface area contributed by atoms with Gasteiger partial charge in [-0.25, -0.2) is 0 Å². The SMILES string of the molecule is [2H]N1CCC(=C2c3ccc(Cl)cc3CCc3cccnc32)CC1. The molecule has 2 nitrogen and oxygen atoms in total. The number of aromatic nitrogens is 1. The van der Waals surface area contributed by atoms with E-state index >= 15 is 0 Å². The molecule has 0 bridgehead atoms. The van der Waals surface area contributed by atoms with Gasteiger partial charge in [-0.2, -0.15) is 0 Å². The van der Waals surface area contributed by atoms with Gasteiger partial charge >= 0.3 is 0 Å². The lowest BCUT2D eigenvalue weighted by atomic mass is 9.89. The molecule has 22 heavy (non-hydrogen) atoms. The molecule has 0 saturated carbocycles. The maximum atomic E-state index is 7.81. The van der Waals surface area contributed by atoms with Crippen molar-refractivity contribution in [3.05, 3.63) is 69.5 Å². The van der Waals surface area contributed by atoms with E-state index in [2.05, 4.69) is 18.2 Å². The van der Waals surface area contributed by atoms with E-state index < -0.39 is 0 Å². The van der Waals surface area contributed by atoms with Crippen molar-refractivity contribution in [2.45, 2.75) is 25.7 Å². The van der Waals surface area contributed by atoms with Crippen molar-refractivity contribution in [2.24, 2.45) is 0 Å². The fourth-order valence-electron chi connectivity index (χ4n) is 3.55. The van der Waals surface area contributed by atoms with E-state index in [1.807, 2.05) is 18.3 Å². The Morgan fingerprint density at radius 1 is 1.05 bits per heavy atom. The van der Waals surface area contributed by atoms with Crippen LogP contribution in [0.2, 0.25) is 6.43 Å². The van der Waals surface area contributed by atoms with Gasteiger partial charge in [0.15, 0.2) is 0 Å². The van der Waals surface area contributed by atoms with Crippen molar-refractivity contribution < 1.29 is 1.41 Å². The summed E-state index contributed by atoms with van der Waals surface area (Å²) in [6.07, 6.45) is 5.77. The number of halogens is 1. The summed E-state index contributed by atoms with van der Waals surface area (Å²) in [4.78, 5) is 4.72. The van der Waals surface area contributed by atoms with Gasteiger partial charge in [-0.15, -0.1) is 0 Å². The smallest absolute Gasteiger partial charge is 0.122 e. The number of hydrogen-bond donors (Lipinski definition) is 1. The molecule has 2 aliphatic rings. The Hall–Kier alpha value is -1.64. The van der Waals surface area contributed by atoms with E-state index in [-0.39, 0.29) is 0 Å². The molecule has 112 valence electrons. The minimum atomic E-state index is 0.796. The van der Waals surface area contributed by atoms with Gasteiger partial charge in [0.2, 0.25) is 0 Å². The Morgan fingerprint density at radius 3 is 2.73 bits per heavy atom. The van der Waals surface area contributed by atoms with Gasteiger partial charge in [-0.05, 0) is 73.7 Å². The summed E-state index contributed by atoms with van der Waals surface area (Å²) in [5, 5.41) is 2.45. The second kappa shape index (κ2) is 5.86. The number of piperidine rings is 1. The summed E-state index contributed by atoms with van der Waals surface area (Å²) in [5.74, 6) is 0. The van der Waals surface area contributed by atoms with Gasteiger partial charge < -0.3 is 5.31 Å². The number of pyridine rings is 1. The summed E-state index contributed by atoms with van der Waals surface area (Å²) in [7, 11) is 0. The standard InChI is InChI=1S/C19H19ClN2/c20-16-5-6-17-15(12-16)4-3-14-2-1-9-22-19(14)18(17)13-7-10-21-11-8-13/h1-2,5-6,9,12,21H,3-4,7-8,10-11H2/i/hD. The zero-order valence-corrected chi connectivity index (χ0v) is 13.2. The van der Waals surface area contributed by atoms with Crippen LogP contribution in [0.1, 0.15) is 35.2 Å². The molecule has 0 unspecified atom stereocenters. The maximum Gasteiger partial charge on any atom is 0.122 e. The van der Waals surface area contributed by atoms with Crippen LogP contribution in [0, 0.1) is 0 Å². The fraction of sp³-hybridized carbons (Fsp3) is 0.316. The highest BCUT2D eigenvalue weighted by atomic mass is 35.5. The Morgan fingerprint density at radius 2 is 1.86 bits per heavy atom. The highest BCUT2D eigenvalue weighted by Gasteiger charge is 2.23. The normalized spacial score (nSPS) is 19.2. The molecule has 3 heteroatoms. The lowest BCUT2D eigenvalue weighted by Crippen LogP contribution is -2.24. The first-order valence-corrected chi connectivity index (χ1v) is 8.29. The van der Waals surface area contributed by atoms with Crippen LogP contribution in [0.5, 0.6) is 0 Å². The van der Waals surface area contributed by atoms with Crippen LogP contribution in [-0.4, -0.2) is 18.1 Å². The van der Waals surface area contributed by atoms with E-state index in [9.17, 15) is 0 Å². The van der Waals surface area contributed by atoms with Crippen molar-refractivity contribution in [2.75, 3.05) is 13.1 Å². The van der Waals surface area contributed by atoms with Crippen molar-refractivity contribution in [1.29, 1.82) is 0 Å². The molecule has 1 saturated heterocycles. The molecule has 1 aromatic heterocycles. The van der Waals surface area contributed by atoms with Crippen molar-refractivity contribution in [1.82, 2.24) is 10.3 Å². The molecule has 0 radical (unpaired) electrons. The summed E-state index contributed by atoms with van der Waals surface area (Å²) >= 11 is 6.23. The quantitative estimate of drug-likeness (QED) is 0.795. The molecule has 1 aromatic carbocycles.